The maximum absolute atomic E-state index is 14.2. The van der Waals surface area contributed by atoms with E-state index in [2.05, 4.69) is 9.97 Å². The van der Waals surface area contributed by atoms with E-state index in [4.69, 9.17) is 9.84 Å². The predicted molar refractivity (Wildman–Crippen MR) is 71.9 cm³/mol. The number of methoxy groups -OCH3 is 1. The summed E-state index contributed by atoms with van der Waals surface area (Å²) in [6.07, 6.45) is 4.38. The highest BCUT2D eigenvalue weighted by molar-refractivity contribution is 5.88. The number of carbonyl (C=O) groups is 1. The Kier molecular flexibility index (Phi) is 3.02. The van der Waals surface area contributed by atoms with Crippen LogP contribution in [0.3, 0.4) is 0 Å². The number of fused-ring (bicyclic) bond motifs is 1. The molecule has 3 aromatic rings. The van der Waals surface area contributed by atoms with Gasteiger partial charge in [-0.25, -0.2) is 19.2 Å². The largest absolute Gasteiger partial charge is 0.496 e. The Balaban J connectivity index is 2.39. The minimum absolute atomic E-state index is 0.0827. The average Bonchev–Trinajstić information content (AvgIpc) is 2.94. The fraction of sp³-hybridized carbons (Fsp3) is 0.0714. The third kappa shape index (κ3) is 2.08. The van der Waals surface area contributed by atoms with Crippen LogP contribution in [0.15, 0.2) is 36.8 Å². The van der Waals surface area contributed by atoms with Gasteiger partial charge in [-0.2, -0.15) is 0 Å². The van der Waals surface area contributed by atoms with Gasteiger partial charge in [0, 0.05) is 18.6 Å². The number of hydrogen-bond acceptors (Lipinski definition) is 4. The number of ether oxygens (including phenoxy) is 1. The van der Waals surface area contributed by atoms with E-state index in [1.54, 1.807) is 12.3 Å². The van der Waals surface area contributed by atoms with Gasteiger partial charge >= 0.3 is 5.97 Å². The molecule has 0 radical (unpaired) electrons. The normalized spacial score (nSPS) is 10.8. The molecule has 0 aliphatic heterocycles. The zero-order chi connectivity index (χ0) is 15.0. The summed E-state index contributed by atoms with van der Waals surface area (Å²) in [5.41, 5.74) is 0.346. The van der Waals surface area contributed by atoms with Crippen LogP contribution >= 0.6 is 0 Å². The van der Waals surface area contributed by atoms with Crippen LogP contribution in [0.5, 0.6) is 5.75 Å². The summed E-state index contributed by atoms with van der Waals surface area (Å²) in [5.74, 6) is -1.51. The Morgan fingerprint density at radius 2 is 2.24 bits per heavy atom. The Hall–Kier alpha value is -2.96. The summed E-state index contributed by atoms with van der Waals surface area (Å²) >= 11 is 0. The minimum Gasteiger partial charge on any atom is -0.496 e. The zero-order valence-corrected chi connectivity index (χ0v) is 10.9. The first-order valence-electron chi connectivity index (χ1n) is 6.01. The van der Waals surface area contributed by atoms with Crippen molar-refractivity contribution < 1.29 is 19.0 Å². The van der Waals surface area contributed by atoms with Gasteiger partial charge in [0.15, 0.2) is 11.3 Å². The van der Waals surface area contributed by atoms with Crippen LogP contribution < -0.4 is 4.74 Å². The maximum atomic E-state index is 14.2. The summed E-state index contributed by atoms with van der Waals surface area (Å²) in [7, 11) is 1.40. The number of aromatic carboxylic acids is 1. The molecule has 0 amide bonds. The van der Waals surface area contributed by atoms with Crippen LogP contribution in [0.2, 0.25) is 0 Å². The smallest absolute Gasteiger partial charge is 0.356 e. The first-order chi connectivity index (χ1) is 10.1. The number of aromatic nitrogens is 3. The first-order valence-corrected chi connectivity index (χ1v) is 6.01. The second-order valence-electron chi connectivity index (χ2n) is 4.26. The molecular formula is C14H10FN3O3. The Morgan fingerprint density at radius 1 is 1.43 bits per heavy atom. The molecular weight excluding hydrogens is 277 g/mol. The molecule has 0 fully saturated rings. The van der Waals surface area contributed by atoms with Gasteiger partial charge < -0.3 is 14.2 Å². The molecule has 106 valence electrons. The Labute approximate surface area is 118 Å². The lowest BCUT2D eigenvalue weighted by molar-refractivity contribution is 0.0690. The molecule has 0 aliphatic carbocycles. The molecule has 1 aromatic carbocycles. The molecule has 0 spiro atoms. The van der Waals surface area contributed by atoms with E-state index in [0.717, 1.165) is 0 Å². The van der Waals surface area contributed by atoms with Crippen molar-refractivity contribution in [1.29, 1.82) is 0 Å². The Morgan fingerprint density at radius 3 is 2.95 bits per heavy atom. The van der Waals surface area contributed by atoms with Gasteiger partial charge in [-0.3, -0.25) is 0 Å². The molecule has 2 aromatic heterocycles. The van der Waals surface area contributed by atoms with Crippen molar-refractivity contribution in [3.63, 3.8) is 0 Å². The highest BCUT2D eigenvalue weighted by Gasteiger charge is 2.20. The molecule has 7 heteroatoms. The van der Waals surface area contributed by atoms with Gasteiger partial charge in [0.05, 0.1) is 12.7 Å². The van der Waals surface area contributed by atoms with Gasteiger partial charge in [-0.1, -0.05) is 6.07 Å². The van der Waals surface area contributed by atoms with Crippen molar-refractivity contribution in [3.05, 3.63) is 48.3 Å². The third-order valence-corrected chi connectivity index (χ3v) is 3.03. The van der Waals surface area contributed by atoms with E-state index in [-0.39, 0.29) is 22.7 Å². The van der Waals surface area contributed by atoms with E-state index in [0.29, 0.717) is 5.65 Å². The standard InChI is InChI=1S/C14H10FN3O3/c1-21-10-4-2-3-8(15)11(10)12-13-16-5-6-18(13)7-9(17-12)14(19)20/h2-7H,1H3,(H,19,20). The second kappa shape index (κ2) is 4.86. The van der Waals surface area contributed by atoms with Gasteiger partial charge in [0.25, 0.3) is 0 Å². The van der Waals surface area contributed by atoms with Crippen molar-refractivity contribution >= 4 is 11.6 Å². The number of imidazole rings is 1. The molecule has 0 saturated heterocycles. The lowest BCUT2D eigenvalue weighted by Gasteiger charge is -2.10. The highest BCUT2D eigenvalue weighted by Crippen LogP contribution is 2.33. The highest BCUT2D eigenvalue weighted by atomic mass is 19.1. The van der Waals surface area contributed by atoms with Crippen LogP contribution in [0.4, 0.5) is 4.39 Å². The molecule has 21 heavy (non-hydrogen) atoms. The fourth-order valence-corrected chi connectivity index (χ4v) is 2.11. The van der Waals surface area contributed by atoms with Crippen LogP contribution in [-0.2, 0) is 0 Å². The number of hydrogen-bond donors (Lipinski definition) is 1. The number of carboxylic acids is 1. The number of benzene rings is 1. The Bertz CT molecular complexity index is 845. The molecule has 1 N–H and O–H groups in total. The molecule has 0 unspecified atom stereocenters. The van der Waals surface area contributed by atoms with Gasteiger partial charge in [0.1, 0.15) is 17.3 Å². The topological polar surface area (TPSA) is 76.7 Å². The number of nitrogens with zero attached hydrogens (tertiary/aromatic N) is 3. The molecule has 2 heterocycles. The summed E-state index contributed by atoms with van der Waals surface area (Å²) in [6, 6.07) is 4.33. The summed E-state index contributed by atoms with van der Waals surface area (Å²) in [5, 5.41) is 9.13. The van der Waals surface area contributed by atoms with E-state index >= 15 is 0 Å². The fourth-order valence-electron chi connectivity index (χ4n) is 2.11. The van der Waals surface area contributed by atoms with Crippen molar-refractivity contribution in [2.45, 2.75) is 0 Å². The zero-order valence-electron chi connectivity index (χ0n) is 10.9. The minimum atomic E-state index is -1.21. The lowest BCUT2D eigenvalue weighted by Crippen LogP contribution is -2.06. The van der Waals surface area contributed by atoms with E-state index in [1.807, 2.05) is 0 Å². The van der Waals surface area contributed by atoms with Crippen LogP contribution in [0, 0.1) is 5.82 Å². The predicted octanol–water partition coefficient (Wildman–Crippen LogP) is 2.24. The maximum Gasteiger partial charge on any atom is 0.356 e. The molecule has 6 nitrogen and oxygen atoms in total. The van der Waals surface area contributed by atoms with Gasteiger partial charge in [0.2, 0.25) is 0 Å². The lowest BCUT2D eigenvalue weighted by atomic mass is 10.1. The summed E-state index contributed by atoms with van der Waals surface area (Å²) in [4.78, 5) is 19.3. The van der Waals surface area contributed by atoms with E-state index < -0.39 is 11.8 Å². The molecule has 3 rings (SSSR count). The monoisotopic (exact) mass is 287 g/mol. The second-order valence-corrected chi connectivity index (χ2v) is 4.26. The van der Waals surface area contributed by atoms with Crippen LogP contribution in [0.25, 0.3) is 16.9 Å². The summed E-state index contributed by atoms with van der Waals surface area (Å²) in [6.45, 7) is 0. The number of halogens is 1. The van der Waals surface area contributed by atoms with Crippen molar-refractivity contribution in [3.8, 4) is 17.0 Å². The van der Waals surface area contributed by atoms with E-state index in [1.165, 1.54) is 36.0 Å². The first kappa shape index (κ1) is 13.0. The van der Waals surface area contributed by atoms with Gasteiger partial charge in [-0.15, -0.1) is 0 Å². The third-order valence-electron chi connectivity index (χ3n) is 3.03. The average molecular weight is 287 g/mol. The number of rotatable bonds is 3. The summed E-state index contributed by atoms with van der Waals surface area (Å²) < 4.78 is 20.8. The van der Waals surface area contributed by atoms with Crippen LogP contribution in [0.1, 0.15) is 10.5 Å². The van der Waals surface area contributed by atoms with Crippen molar-refractivity contribution in [2.24, 2.45) is 0 Å². The van der Waals surface area contributed by atoms with Gasteiger partial charge in [-0.05, 0) is 12.1 Å². The van der Waals surface area contributed by atoms with Crippen molar-refractivity contribution in [1.82, 2.24) is 14.4 Å². The SMILES string of the molecule is COc1cccc(F)c1-c1nc(C(=O)O)cn2ccnc12. The molecule has 0 saturated carbocycles. The molecule has 0 bridgehead atoms. The van der Waals surface area contributed by atoms with Crippen LogP contribution in [-0.4, -0.2) is 32.6 Å². The quantitative estimate of drug-likeness (QED) is 0.799. The molecule has 0 aliphatic rings. The van der Waals surface area contributed by atoms with E-state index in [9.17, 15) is 9.18 Å². The number of carboxylic acid groups (broad SMARTS) is 1. The van der Waals surface area contributed by atoms with Crippen molar-refractivity contribution in [2.75, 3.05) is 7.11 Å². The molecule has 0 atom stereocenters.